The zero-order valence-electron chi connectivity index (χ0n) is 8.70. The molecule has 2 nitrogen and oxygen atoms in total. The number of rotatable bonds is 2. The highest BCUT2D eigenvalue weighted by molar-refractivity contribution is 4.90. The van der Waals surface area contributed by atoms with Crippen LogP contribution in [0.3, 0.4) is 0 Å². The van der Waals surface area contributed by atoms with Crippen molar-refractivity contribution < 1.29 is 4.57 Å². The molecule has 1 aromatic rings. The summed E-state index contributed by atoms with van der Waals surface area (Å²) in [6, 6.07) is 1.12. The van der Waals surface area contributed by atoms with Gasteiger partial charge in [0.1, 0.15) is 11.9 Å². The Morgan fingerprint density at radius 2 is 1.83 bits per heavy atom. The van der Waals surface area contributed by atoms with Crippen LogP contribution in [0.25, 0.3) is 0 Å². The molecule has 0 aliphatic heterocycles. The van der Waals surface area contributed by atoms with Crippen LogP contribution in [-0.4, -0.2) is 4.57 Å². The highest BCUT2D eigenvalue weighted by Crippen LogP contribution is 2.07. The van der Waals surface area contributed by atoms with Gasteiger partial charge in [-0.3, -0.25) is 0 Å². The molecule has 0 saturated heterocycles. The Labute approximate surface area is 74.8 Å². The van der Waals surface area contributed by atoms with Gasteiger partial charge in [0.2, 0.25) is 6.33 Å². The minimum atomic E-state index is 0.559. The maximum absolute atomic E-state index is 2.29. The van der Waals surface area contributed by atoms with Gasteiger partial charge in [-0.15, -0.1) is 0 Å². The standard InChI is InChI=1S/C10H19N2/c1-8(2)11-6-10(5)12(7-11)9(3)4/h6-9H,1-5H3/q+1. The molecular weight excluding hydrogens is 148 g/mol. The smallest absolute Gasteiger partial charge is 0.234 e. The molecule has 0 N–H and O–H groups in total. The fourth-order valence-electron chi connectivity index (χ4n) is 1.37. The normalized spacial score (nSPS) is 11.6. The molecule has 0 radical (unpaired) electrons. The van der Waals surface area contributed by atoms with E-state index in [9.17, 15) is 0 Å². The molecule has 12 heavy (non-hydrogen) atoms. The van der Waals surface area contributed by atoms with Crippen molar-refractivity contribution in [2.75, 3.05) is 0 Å². The quantitative estimate of drug-likeness (QED) is 0.597. The molecule has 0 aliphatic rings. The Morgan fingerprint density at radius 3 is 2.08 bits per heavy atom. The van der Waals surface area contributed by atoms with Crippen LogP contribution in [0.1, 0.15) is 45.5 Å². The lowest BCUT2D eigenvalue weighted by Crippen LogP contribution is -2.33. The van der Waals surface area contributed by atoms with Crippen LogP contribution in [0, 0.1) is 6.92 Å². The van der Waals surface area contributed by atoms with Gasteiger partial charge in [-0.1, -0.05) is 0 Å². The molecule has 0 saturated carbocycles. The van der Waals surface area contributed by atoms with Gasteiger partial charge in [-0.2, -0.15) is 0 Å². The fraction of sp³-hybridized carbons (Fsp3) is 0.700. The molecule has 68 valence electrons. The number of nitrogens with zero attached hydrogens (tertiary/aromatic N) is 2. The van der Waals surface area contributed by atoms with Crippen molar-refractivity contribution in [2.45, 2.75) is 46.7 Å². The second kappa shape index (κ2) is 3.30. The van der Waals surface area contributed by atoms with Gasteiger partial charge in [0.05, 0.1) is 12.1 Å². The summed E-state index contributed by atoms with van der Waals surface area (Å²) < 4.78 is 4.54. The van der Waals surface area contributed by atoms with Crippen molar-refractivity contribution in [3.8, 4) is 0 Å². The van der Waals surface area contributed by atoms with Crippen molar-refractivity contribution in [1.82, 2.24) is 4.57 Å². The highest BCUT2D eigenvalue weighted by Gasteiger charge is 2.13. The van der Waals surface area contributed by atoms with Gasteiger partial charge >= 0.3 is 0 Å². The van der Waals surface area contributed by atoms with Gasteiger partial charge in [0.25, 0.3) is 0 Å². The number of aryl methyl sites for hydroxylation is 1. The second-order valence-corrected chi connectivity index (χ2v) is 3.93. The summed E-state index contributed by atoms with van der Waals surface area (Å²) in [5.74, 6) is 0. The predicted molar refractivity (Wildman–Crippen MR) is 50.1 cm³/mol. The monoisotopic (exact) mass is 167 g/mol. The molecule has 0 atom stereocenters. The van der Waals surface area contributed by atoms with Gasteiger partial charge in [0.15, 0.2) is 0 Å². The van der Waals surface area contributed by atoms with Gasteiger partial charge < -0.3 is 0 Å². The van der Waals surface area contributed by atoms with Crippen molar-refractivity contribution >= 4 is 0 Å². The van der Waals surface area contributed by atoms with Crippen LogP contribution in [0.5, 0.6) is 0 Å². The molecule has 0 aliphatic carbocycles. The lowest BCUT2D eigenvalue weighted by Gasteiger charge is -2.01. The number of hydrogen-bond donors (Lipinski definition) is 0. The van der Waals surface area contributed by atoms with E-state index in [1.807, 2.05) is 0 Å². The van der Waals surface area contributed by atoms with E-state index in [1.165, 1.54) is 5.69 Å². The third-order valence-corrected chi connectivity index (χ3v) is 2.15. The first kappa shape index (κ1) is 9.30. The van der Waals surface area contributed by atoms with Crippen molar-refractivity contribution in [2.24, 2.45) is 0 Å². The Morgan fingerprint density at radius 1 is 1.25 bits per heavy atom. The van der Waals surface area contributed by atoms with Gasteiger partial charge in [-0.25, -0.2) is 9.13 Å². The van der Waals surface area contributed by atoms with Crippen LogP contribution < -0.4 is 4.57 Å². The van der Waals surface area contributed by atoms with Crippen LogP contribution in [0.15, 0.2) is 12.5 Å². The molecule has 1 heterocycles. The maximum Gasteiger partial charge on any atom is 0.244 e. The molecule has 2 heteroatoms. The third kappa shape index (κ3) is 1.68. The average Bonchev–Trinajstić information content (AvgIpc) is 2.30. The first-order chi connectivity index (χ1) is 5.52. The molecule has 0 unspecified atom stereocenters. The zero-order chi connectivity index (χ0) is 9.30. The van der Waals surface area contributed by atoms with E-state index in [-0.39, 0.29) is 0 Å². The third-order valence-electron chi connectivity index (χ3n) is 2.15. The van der Waals surface area contributed by atoms with Crippen LogP contribution >= 0.6 is 0 Å². The highest BCUT2D eigenvalue weighted by atomic mass is 15.1. The zero-order valence-corrected chi connectivity index (χ0v) is 8.70. The molecule has 1 rings (SSSR count). The summed E-state index contributed by atoms with van der Waals surface area (Å²) in [5, 5.41) is 0. The molecule has 1 aromatic heterocycles. The largest absolute Gasteiger partial charge is 0.244 e. The lowest BCUT2D eigenvalue weighted by molar-refractivity contribution is -0.715. The number of aromatic nitrogens is 2. The first-order valence-electron chi connectivity index (χ1n) is 4.61. The van der Waals surface area contributed by atoms with E-state index in [0.29, 0.717) is 12.1 Å². The Kier molecular flexibility index (Phi) is 2.55. The van der Waals surface area contributed by atoms with Gasteiger partial charge in [-0.05, 0) is 27.7 Å². The molecule has 0 fully saturated rings. The average molecular weight is 167 g/mol. The summed E-state index contributed by atoms with van der Waals surface area (Å²) in [4.78, 5) is 0. The van der Waals surface area contributed by atoms with E-state index in [1.54, 1.807) is 0 Å². The molecular formula is C10H19N2+. The van der Waals surface area contributed by atoms with Crippen LogP contribution in [0.2, 0.25) is 0 Å². The minimum Gasteiger partial charge on any atom is -0.234 e. The topological polar surface area (TPSA) is 8.81 Å². The molecule has 0 aromatic carbocycles. The van der Waals surface area contributed by atoms with Crippen molar-refractivity contribution in [3.05, 3.63) is 18.2 Å². The maximum atomic E-state index is 2.29. The number of imidazole rings is 1. The summed E-state index contributed by atoms with van der Waals surface area (Å²) in [6.45, 7) is 11.0. The minimum absolute atomic E-state index is 0.559. The van der Waals surface area contributed by atoms with Crippen molar-refractivity contribution in [1.29, 1.82) is 0 Å². The Balaban J connectivity index is 3.00. The molecule has 0 amide bonds. The summed E-state index contributed by atoms with van der Waals surface area (Å²) in [5.41, 5.74) is 1.33. The van der Waals surface area contributed by atoms with E-state index in [2.05, 4.69) is 56.3 Å². The SMILES string of the molecule is Cc1c[n+](C(C)C)cn1C(C)C. The van der Waals surface area contributed by atoms with Crippen LogP contribution in [-0.2, 0) is 0 Å². The summed E-state index contributed by atoms with van der Waals surface area (Å²) in [7, 11) is 0. The first-order valence-corrected chi connectivity index (χ1v) is 4.61. The summed E-state index contributed by atoms with van der Waals surface area (Å²) in [6.07, 6.45) is 4.38. The van der Waals surface area contributed by atoms with E-state index in [4.69, 9.17) is 0 Å². The summed E-state index contributed by atoms with van der Waals surface area (Å²) >= 11 is 0. The van der Waals surface area contributed by atoms with Crippen LogP contribution in [0.4, 0.5) is 0 Å². The Bertz CT molecular complexity index is 259. The fourth-order valence-corrected chi connectivity index (χ4v) is 1.37. The lowest BCUT2D eigenvalue weighted by atomic mass is 10.4. The second-order valence-electron chi connectivity index (χ2n) is 3.93. The van der Waals surface area contributed by atoms with Crippen molar-refractivity contribution in [3.63, 3.8) is 0 Å². The molecule has 0 spiro atoms. The van der Waals surface area contributed by atoms with E-state index in [0.717, 1.165) is 0 Å². The molecule has 0 bridgehead atoms. The predicted octanol–water partition coefficient (Wildman–Crippen LogP) is 2.25. The number of hydrogen-bond acceptors (Lipinski definition) is 0. The van der Waals surface area contributed by atoms with Gasteiger partial charge in [0, 0.05) is 6.92 Å². The Hall–Kier alpha value is -0.790. The van der Waals surface area contributed by atoms with E-state index < -0.39 is 0 Å². The van der Waals surface area contributed by atoms with E-state index >= 15 is 0 Å².